The number of hydrogen-bond acceptors (Lipinski definition) is 4. The Morgan fingerprint density at radius 1 is 1.40 bits per heavy atom. The zero-order valence-corrected chi connectivity index (χ0v) is 11.8. The summed E-state index contributed by atoms with van der Waals surface area (Å²) in [5.74, 6) is -1.23. The van der Waals surface area contributed by atoms with Crippen LogP contribution in [0.1, 0.15) is 22.8 Å². The molecule has 1 aromatic rings. The molecule has 0 spiro atoms. The number of carboxylic acids is 1. The number of carboxylic acid groups (broad SMARTS) is 1. The van der Waals surface area contributed by atoms with E-state index in [2.05, 4.69) is 5.32 Å². The van der Waals surface area contributed by atoms with Gasteiger partial charge in [0, 0.05) is 13.7 Å². The molecule has 0 saturated carbocycles. The third kappa shape index (κ3) is 4.55. The SMILES string of the molecule is COCCNC(=O)C(C)Oc1ccc(C)cc1C(=O)O. The maximum atomic E-state index is 11.7. The number of nitrogens with one attached hydrogen (secondary N) is 1. The van der Waals surface area contributed by atoms with Crippen molar-refractivity contribution in [2.24, 2.45) is 0 Å². The molecule has 1 unspecified atom stereocenters. The number of benzene rings is 1. The van der Waals surface area contributed by atoms with Crippen LogP contribution in [0.5, 0.6) is 5.75 Å². The van der Waals surface area contributed by atoms with E-state index in [0.717, 1.165) is 5.56 Å². The average Bonchev–Trinajstić information content (AvgIpc) is 2.40. The quantitative estimate of drug-likeness (QED) is 0.734. The molecule has 0 aliphatic carbocycles. The van der Waals surface area contributed by atoms with Crippen LogP contribution >= 0.6 is 0 Å². The number of hydrogen-bond donors (Lipinski definition) is 2. The Hall–Kier alpha value is -2.08. The van der Waals surface area contributed by atoms with Crippen molar-refractivity contribution in [2.75, 3.05) is 20.3 Å². The Morgan fingerprint density at radius 2 is 2.10 bits per heavy atom. The first kappa shape index (κ1) is 16.0. The molecule has 6 heteroatoms. The molecule has 20 heavy (non-hydrogen) atoms. The van der Waals surface area contributed by atoms with Crippen LogP contribution in [-0.4, -0.2) is 43.3 Å². The molecule has 1 aromatic carbocycles. The van der Waals surface area contributed by atoms with E-state index in [1.165, 1.54) is 13.2 Å². The highest BCUT2D eigenvalue weighted by atomic mass is 16.5. The number of rotatable bonds is 7. The molecule has 0 saturated heterocycles. The topological polar surface area (TPSA) is 84.9 Å². The highest BCUT2D eigenvalue weighted by molar-refractivity contribution is 5.91. The van der Waals surface area contributed by atoms with Crippen molar-refractivity contribution < 1.29 is 24.2 Å². The van der Waals surface area contributed by atoms with Gasteiger partial charge in [-0.15, -0.1) is 0 Å². The molecule has 1 atom stereocenters. The van der Waals surface area contributed by atoms with Crippen LogP contribution in [0, 0.1) is 6.92 Å². The number of amides is 1. The zero-order valence-electron chi connectivity index (χ0n) is 11.8. The summed E-state index contributed by atoms with van der Waals surface area (Å²) in [4.78, 5) is 22.9. The first-order chi connectivity index (χ1) is 9.45. The summed E-state index contributed by atoms with van der Waals surface area (Å²) >= 11 is 0. The Labute approximate surface area is 117 Å². The van der Waals surface area contributed by atoms with Crippen molar-refractivity contribution in [2.45, 2.75) is 20.0 Å². The van der Waals surface area contributed by atoms with Crippen molar-refractivity contribution in [3.63, 3.8) is 0 Å². The summed E-state index contributed by atoms with van der Waals surface area (Å²) in [6, 6.07) is 4.79. The molecular formula is C14H19NO5. The summed E-state index contributed by atoms with van der Waals surface area (Å²) in [5, 5.41) is 11.7. The van der Waals surface area contributed by atoms with Gasteiger partial charge >= 0.3 is 5.97 Å². The van der Waals surface area contributed by atoms with Gasteiger partial charge in [-0.3, -0.25) is 4.79 Å². The van der Waals surface area contributed by atoms with E-state index in [4.69, 9.17) is 14.6 Å². The Kier molecular flexibility index (Phi) is 5.99. The third-order valence-corrected chi connectivity index (χ3v) is 2.64. The second kappa shape index (κ2) is 7.49. The lowest BCUT2D eigenvalue weighted by Gasteiger charge is -2.16. The van der Waals surface area contributed by atoms with Crippen molar-refractivity contribution in [3.05, 3.63) is 29.3 Å². The van der Waals surface area contributed by atoms with Gasteiger partial charge in [0.05, 0.1) is 6.61 Å². The molecule has 1 rings (SSSR count). The summed E-state index contributed by atoms with van der Waals surface area (Å²) < 4.78 is 10.2. The van der Waals surface area contributed by atoms with Gasteiger partial charge in [0.15, 0.2) is 6.10 Å². The highest BCUT2D eigenvalue weighted by Gasteiger charge is 2.18. The summed E-state index contributed by atoms with van der Waals surface area (Å²) in [6.07, 6.45) is -0.785. The first-order valence-corrected chi connectivity index (χ1v) is 6.23. The second-order valence-electron chi connectivity index (χ2n) is 4.35. The molecule has 2 N–H and O–H groups in total. The Morgan fingerprint density at radius 3 is 2.70 bits per heavy atom. The van der Waals surface area contributed by atoms with Crippen LogP contribution in [-0.2, 0) is 9.53 Å². The highest BCUT2D eigenvalue weighted by Crippen LogP contribution is 2.21. The minimum atomic E-state index is -1.09. The summed E-state index contributed by atoms with van der Waals surface area (Å²) in [7, 11) is 1.54. The smallest absolute Gasteiger partial charge is 0.339 e. The maximum absolute atomic E-state index is 11.7. The number of carbonyl (C=O) groups excluding carboxylic acids is 1. The van der Waals surface area contributed by atoms with Gasteiger partial charge in [-0.25, -0.2) is 4.79 Å². The van der Waals surface area contributed by atoms with E-state index in [0.29, 0.717) is 13.2 Å². The standard InChI is InChI=1S/C14H19NO5/c1-9-4-5-12(11(8-9)14(17)18)20-10(2)13(16)15-6-7-19-3/h4-5,8,10H,6-7H2,1-3H3,(H,15,16)(H,17,18). The Bertz CT molecular complexity index is 486. The van der Waals surface area contributed by atoms with Crippen LogP contribution in [0.2, 0.25) is 0 Å². The van der Waals surface area contributed by atoms with E-state index in [9.17, 15) is 9.59 Å². The molecular weight excluding hydrogens is 262 g/mol. The molecule has 6 nitrogen and oxygen atoms in total. The lowest BCUT2D eigenvalue weighted by atomic mass is 10.1. The minimum absolute atomic E-state index is 0.0431. The normalized spacial score (nSPS) is 11.8. The van der Waals surface area contributed by atoms with Crippen molar-refractivity contribution in [1.82, 2.24) is 5.32 Å². The second-order valence-corrected chi connectivity index (χ2v) is 4.35. The number of carbonyl (C=O) groups is 2. The molecule has 0 radical (unpaired) electrons. The molecule has 110 valence electrons. The van der Waals surface area contributed by atoms with Crippen molar-refractivity contribution >= 4 is 11.9 Å². The Balaban J connectivity index is 2.72. The lowest BCUT2D eigenvalue weighted by Crippen LogP contribution is -2.38. The zero-order chi connectivity index (χ0) is 15.1. The van der Waals surface area contributed by atoms with Crippen LogP contribution in [0.25, 0.3) is 0 Å². The van der Waals surface area contributed by atoms with Gasteiger partial charge in [-0.1, -0.05) is 11.6 Å². The van der Waals surface area contributed by atoms with Gasteiger partial charge in [0.25, 0.3) is 5.91 Å². The van der Waals surface area contributed by atoms with E-state index in [1.54, 1.807) is 26.0 Å². The maximum Gasteiger partial charge on any atom is 0.339 e. The van der Waals surface area contributed by atoms with Gasteiger partial charge in [0.2, 0.25) is 0 Å². The monoisotopic (exact) mass is 281 g/mol. The van der Waals surface area contributed by atoms with E-state index in [1.807, 2.05) is 0 Å². The predicted octanol–water partition coefficient (Wildman–Crippen LogP) is 1.22. The van der Waals surface area contributed by atoms with Gasteiger partial charge in [-0.05, 0) is 26.0 Å². The molecule has 1 amide bonds. The number of methoxy groups -OCH3 is 1. The summed E-state index contributed by atoms with van der Waals surface area (Å²) in [6.45, 7) is 4.14. The third-order valence-electron chi connectivity index (χ3n) is 2.64. The molecule has 0 bridgehead atoms. The molecule has 0 aliphatic rings. The summed E-state index contributed by atoms with van der Waals surface area (Å²) in [5.41, 5.74) is 0.855. The van der Waals surface area contributed by atoms with Gasteiger partial charge in [0.1, 0.15) is 11.3 Å². The first-order valence-electron chi connectivity index (χ1n) is 6.23. The molecule has 0 aliphatic heterocycles. The van der Waals surface area contributed by atoms with Gasteiger partial charge in [-0.2, -0.15) is 0 Å². The van der Waals surface area contributed by atoms with Crippen LogP contribution in [0.3, 0.4) is 0 Å². The van der Waals surface area contributed by atoms with Gasteiger partial charge < -0.3 is 19.9 Å². The number of aromatic carboxylic acids is 1. The lowest BCUT2D eigenvalue weighted by molar-refractivity contribution is -0.127. The fourth-order valence-corrected chi connectivity index (χ4v) is 1.58. The number of aryl methyl sites for hydroxylation is 1. The predicted molar refractivity (Wildman–Crippen MR) is 73.1 cm³/mol. The molecule has 0 aromatic heterocycles. The van der Waals surface area contributed by atoms with Crippen LogP contribution in [0.4, 0.5) is 0 Å². The number of ether oxygens (including phenoxy) is 2. The van der Waals surface area contributed by atoms with Crippen molar-refractivity contribution in [3.8, 4) is 5.75 Å². The van der Waals surface area contributed by atoms with Crippen LogP contribution in [0.15, 0.2) is 18.2 Å². The van der Waals surface area contributed by atoms with Crippen LogP contribution < -0.4 is 10.1 Å². The fourth-order valence-electron chi connectivity index (χ4n) is 1.58. The van der Waals surface area contributed by atoms with E-state index < -0.39 is 12.1 Å². The minimum Gasteiger partial charge on any atom is -0.480 e. The largest absolute Gasteiger partial charge is 0.480 e. The molecule has 0 heterocycles. The van der Waals surface area contributed by atoms with Crippen molar-refractivity contribution in [1.29, 1.82) is 0 Å². The van der Waals surface area contributed by atoms with E-state index >= 15 is 0 Å². The average molecular weight is 281 g/mol. The fraction of sp³-hybridized carbons (Fsp3) is 0.429. The van der Waals surface area contributed by atoms with E-state index in [-0.39, 0.29) is 17.2 Å². The molecule has 0 fully saturated rings.